The van der Waals surface area contributed by atoms with Crippen molar-refractivity contribution in [2.75, 3.05) is 11.4 Å². The number of hydrogen-bond donors (Lipinski definition) is 1. The fourth-order valence-corrected chi connectivity index (χ4v) is 2.04. The normalized spacial score (nSPS) is 18.9. The molecule has 0 bridgehead atoms. The van der Waals surface area contributed by atoms with Gasteiger partial charge in [-0.2, -0.15) is 0 Å². The van der Waals surface area contributed by atoms with Crippen molar-refractivity contribution in [3.63, 3.8) is 0 Å². The van der Waals surface area contributed by atoms with Gasteiger partial charge >= 0.3 is 6.09 Å². The predicted molar refractivity (Wildman–Crippen MR) is 65.6 cm³/mol. The zero-order valence-electron chi connectivity index (χ0n) is 10.1. The lowest BCUT2D eigenvalue weighted by Gasteiger charge is -2.11. The maximum absolute atomic E-state index is 11.7. The van der Waals surface area contributed by atoms with E-state index in [1.54, 1.807) is 18.2 Å². The van der Waals surface area contributed by atoms with Crippen molar-refractivity contribution < 1.29 is 18.8 Å². The fraction of sp³-hybridized carbons (Fsp3) is 0.250. The molecular formula is C12H11N3O4. The van der Waals surface area contributed by atoms with Crippen LogP contribution in [0.2, 0.25) is 0 Å². The molecule has 0 radical (unpaired) electrons. The number of nitrogens with two attached hydrogens (primary N) is 1. The first kappa shape index (κ1) is 11.5. The number of fused-ring (bicyclic) bond motifs is 1. The van der Waals surface area contributed by atoms with Gasteiger partial charge < -0.3 is 15.0 Å². The summed E-state index contributed by atoms with van der Waals surface area (Å²) in [7, 11) is 0. The number of rotatable bonds is 2. The SMILES string of the molecule is Cc1noc2cc(N3C[C@H](C(N)=O)OC3=O)ccc12. The standard InChI is InChI=1S/C12H11N3O4/c1-6-8-3-2-7(4-9(8)19-14-6)15-5-10(11(13)16)18-12(15)17/h2-4,10H,5H2,1H3,(H2,13,16)/t10-/m1/s1. The summed E-state index contributed by atoms with van der Waals surface area (Å²) in [5, 5.41) is 4.72. The molecule has 1 aliphatic heterocycles. The Bertz CT molecular complexity index is 679. The third kappa shape index (κ3) is 1.79. The van der Waals surface area contributed by atoms with Crippen LogP contribution in [0.1, 0.15) is 5.69 Å². The summed E-state index contributed by atoms with van der Waals surface area (Å²) in [6.45, 7) is 1.94. The third-order valence-corrected chi connectivity index (χ3v) is 3.08. The number of benzene rings is 1. The van der Waals surface area contributed by atoms with Crippen molar-refractivity contribution in [1.82, 2.24) is 5.16 Å². The van der Waals surface area contributed by atoms with Crippen molar-refractivity contribution in [3.8, 4) is 0 Å². The average Bonchev–Trinajstić information content (AvgIpc) is 2.93. The summed E-state index contributed by atoms with van der Waals surface area (Å²) in [6, 6.07) is 5.23. The van der Waals surface area contributed by atoms with Gasteiger partial charge in [-0.1, -0.05) is 5.16 Å². The van der Waals surface area contributed by atoms with E-state index in [0.29, 0.717) is 11.3 Å². The van der Waals surface area contributed by atoms with Crippen LogP contribution in [0.4, 0.5) is 10.5 Å². The molecule has 2 aromatic rings. The second-order valence-electron chi connectivity index (χ2n) is 4.33. The zero-order valence-corrected chi connectivity index (χ0v) is 10.1. The van der Waals surface area contributed by atoms with E-state index in [9.17, 15) is 9.59 Å². The number of hydrogen-bond acceptors (Lipinski definition) is 5. The first-order valence-corrected chi connectivity index (χ1v) is 5.70. The first-order valence-electron chi connectivity index (χ1n) is 5.70. The molecule has 1 fully saturated rings. The molecule has 7 nitrogen and oxygen atoms in total. The lowest BCUT2D eigenvalue weighted by Crippen LogP contribution is -2.32. The molecule has 0 saturated carbocycles. The summed E-state index contributed by atoms with van der Waals surface area (Å²) >= 11 is 0. The first-order chi connectivity index (χ1) is 9.06. The third-order valence-electron chi connectivity index (χ3n) is 3.08. The Hall–Kier alpha value is -2.57. The molecule has 7 heteroatoms. The highest BCUT2D eigenvalue weighted by atomic mass is 16.6. The van der Waals surface area contributed by atoms with E-state index in [1.165, 1.54) is 4.90 Å². The fourth-order valence-electron chi connectivity index (χ4n) is 2.04. The van der Waals surface area contributed by atoms with E-state index in [-0.39, 0.29) is 6.54 Å². The van der Waals surface area contributed by atoms with E-state index in [2.05, 4.69) is 5.16 Å². The zero-order chi connectivity index (χ0) is 13.6. The van der Waals surface area contributed by atoms with Gasteiger partial charge in [-0.15, -0.1) is 0 Å². The van der Waals surface area contributed by atoms with Gasteiger partial charge in [-0.3, -0.25) is 9.69 Å². The Morgan fingerprint density at radius 1 is 1.53 bits per heavy atom. The van der Waals surface area contributed by atoms with E-state index in [4.69, 9.17) is 15.0 Å². The summed E-state index contributed by atoms with van der Waals surface area (Å²) in [5.41, 5.74) is 7.06. The number of nitrogens with zero attached hydrogens (tertiary/aromatic N) is 2. The van der Waals surface area contributed by atoms with Crippen LogP contribution in [0.5, 0.6) is 0 Å². The molecule has 0 unspecified atom stereocenters. The molecule has 98 valence electrons. The highest BCUT2D eigenvalue weighted by Gasteiger charge is 2.35. The summed E-state index contributed by atoms with van der Waals surface area (Å²) in [6.07, 6.45) is -1.51. The van der Waals surface area contributed by atoms with E-state index < -0.39 is 18.1 Å². The molecule has 1 aliphatic rings. The number of carbonyl (C=O) groups is 2. The number of cyclic esters (lactones) is 1. The quantitative estimate of drug-likeness (QED) is 0.867. The molecule has 19 heavy (non-hydrogen) atoms. The van der Waals surface area contributed by atoms with Crippen molar-refractivity contribution in [1.29, 1.82) is 0 Å². The minimum Gasteiger partial charge on any atom is -0.434 e. The molecule has 0 aliphatic carbocycles. The number of ether oxygens (including phenoxy) is 1. The summed E-state index contributed by atoms with van der Waals surface area (Å²) in [4.78, 5) is 24.1. The molecule has 1 aromatic carbocycles. The van der Waals surface area contributed by atoms with E-state index in [1.807, 2.05) is 6.92 Å². The van der Waals surface area contributed by atoms with Crippen LogP contribution in [0.3, 0.4) is 0 Å². The number of anilines is 1. The molecule has 3 rings (SSSR count). The predicted octanol–water partition coefficient (Wildman–Crippen LogP) is 0.947. The molecular weight excluding hydrogens is 250 g/mol. The highest BCUT2D eigenvalue weighted by molar-refractivity contribution is 5.96. The largest absolute Gasteiger partial charge is 0.434 e. The lowest BCUT2D eigenvalue weighted by atomic mass is 10.2. The molecule has 2 amide bonds. The van der Waals surface area contributed by atoms with Gasteiger partial charge in [0.05, 0.1) is 17.9 Å². The van der Waals surface area contributed by atoms with Gasteiger partial charge in [0.25, 0.3) is 5.91 Å². The van der Waals surface area contributed by atoms with Crippen LogP contribution in [-0.4, -0.2) is 29.8 Å². The van der Waals surface area contributed by atoms with Crippen molar-refractivity contribution in [2.24, 2.45) is 5.73 Å². The molecule has 1 saturated heterocycles. The number of aromatic nitrogens is 1. The van der Waals surface area contributed by atoms with E-state index in [0.717, 1.165) is 11.1 Å². The summed E-state index contributed by atoms with van der Waals surface area (Å²) in [5.74, 6) is -0.660. The van der Waals surface area contributed by atoms with Crippen LogP contribution in [0, 0.1) is 6.92 Å². The number of primary amides is 1. The van der Waals surface area contributed by atoms with Gasteiger partial charge in [-0.25, -0.2) is 4.79 Å². The van der Waals surface area contributed by atoms with Crippen molar-refractivity contribution >= 4 is 28.7 Å². The van der Waals surface area contributed by atoms with Crippen molar-refractivity contribution in [2.45, 2.75) is 13.0 Å². The van der Waals surface area contributed by atoms with Crippen LogP contribution in [0.25, 0.3) is 11.0 Å². The Morgan fingerprint density at radius 2 is 2.32 bits per heavy atom. The monoisotopic (exact) mass is 261 g/mol. The molecule has 1 atom stereocenters. The molecule has 2 heterocycles. The highest BCUT2D eigenvalue weighted by Crippen LogP contribution is 2.27. The van der Waals surface area contributed by atoms with Gasteiger partial charge in [0.15, 0.2) is 11.7 Å². The van der Waals surface area contributed by atoms with Gasteiger partial charge in [0.2, 0.25) is 0 Å². The van der Waals surface area contributed by atoms with Crippen molar-refractivity contribution in [3.05, 3.63) is 23.9 Å². The Kier molecular flexibility index (Phi) is 2.41. The van der Waals surface area contributed by atoms with Gasteiger partial charge in [0, 0.05) is 11.5 Å². The second-order valence-corrected chi connectivity index (χ2v) is 4.33. The van der Waals surface area contributed by atoms with Gasteiger partial charge in [-0.05, 0) is 19.1 Å². The number of aryl methyl sites for hydroxylation is 1. The minimum atomic E-state index is -0.917. The Labute approximate surface area is 107 Å². The Balaban J connectivity index is 1.96. The van der Waals surface area contributed by atoms with Crippen LogP contribution in [0.15, 0.2) is 22.7 Å². The second kappa shape index (κ2) is 3.98. The Morgan fingerprint density at radius 3 is 3.00 bits per heavy atom. The smallest absolute Gasteiger partial charge is 0.415 e. The molecule has 2 N–H and O–H groups in total. The summed E-state index contributed by atoms with van der Waals surface area (Å²) < 4.78 is 10.0. The van der Waals surface area contributed by atoms with Crippen LogP contribution >= 0.6 is 0 Å². The van der Waals surface area contributed by atoms with Crippen LogP contribution < -0.4 is 10.6 Å². The number of carbonyl (C=O) groups excluding carboxylic acids is 2. The lowest BCUT2D eigenvalue weighted by molar-refractivity contribution is -0.124. The molecule has 0 spiro atoms. The maximum atomic E-state index is 11.7. The average molecular weight is 261 g/mol. The topological polar surface area (TPSA) is 98.7 Å². The maximum Gasteiger partial charge on any atom is 0.415 e. The minimum absolute atomic E-state index is 0.104. The van der Waals surface area contributed by atoms with E-state index >= 15 is 0 Å². The molecule has 1 aromatic heterocycles. The van der Waals surface area contributed by atoms with Crippen LogP contribution in [-0.2, 0) is 9.53 Å². The number of amides is 2. The van der Waals surface area contributed by atoms with Gasteiger partial charge in [0.1, 0.15) is 0 Å².